The lowest BCUT2D eigenvalue weighted by atomic mass is 10.0. The number of aromatic nitrogens is 4. The first-order chi connectivity index (χ1) is 13.0. The smallest absolute Gasteiger partial charge is 0.222 e. The Morgan fingerprint density at radius 1 is 1.19 bits per heavy atom. The number of amides is 1. The van der Waals surface area contributed by atoms with E-state index in [2.05, 4.69) is 20.4 Å². The number of carbonyl (C=O) groups is 1. The van der Waals surface area contributed by atoms with E-state index in [0.717, 1.165) is 16.7 Å². The lowest BCUT2D eigenvalue weighted by molar-refractivity contribution is -0.114. The Hall–Kier alpha value is -3.45. The number of hydrogen-bond donors (Lipinski definition) is 2. The average Bonchev–Trinajstić information content (AvgIpc) is 3.03. The molecule has 0 aliphatic carbocycles. The molecule has 8 heteroatoms. The van der Waals surface area contributed by atoms with Gasteiger partial charge in [0.2, 0.25) is 5.91 Å². The molecule has 0 aliphatic heterocycles. The molecule has 3 aromatic heterocycles. The van der Waals surface area contributed by atoms with Gasteiger partial charge in [-0.05, 0) is 24.3 Å². The highest BCUT2D eigenvalue weighted by Crippen LogP contribution is 2.33. The van der Waals surface area contributed by atoms with Gasteiger partial charge >= 0.3 is 0 Å². The van der Waals surface area contributed by atoms with Crippen LogP contribution >= 0.6 is 11.6 Å². The SMILES string of the molecule is CC(=O)Nc1cn2nc(-c3cnc(N)c(-c4ccccc4Cl)c3)ccc2n1. The fourth-order valence-electron chi connectivity index (χ4n) is 2.79. The Kier molecular flexibility index (Phi) is 4.21. The molecular formula is C19H15ClN6O. The molecule has 0 radical (unpaired) electrons. The van der Waals surface area contributed by atoms with E-state index in [0.29, 0.717) is 28.0 Å². The lowest BCUT2D eigenvalue weighted by Gasteiger charge is -2.09. The van der Waals surface area contributed by atoms with E-state index in [4.69, 9.17) is 17.3 Å². The number of nitrogens with one attached hydrogen (secondary N) is 1. The predicted octanol–water partition coefficient (Wildman–Crippen LogP) is 3.65. The molecule has 0 bridgehead atoms. The van der Waals surface area contributed by atoms with E-state index < -0.39 is 0 Å². The number of nitrogen functional groups attached to an aromatic ring is 1. The second-order valence-electron chi connectivity index (χ2n) is 5.97. The molecule has 4 rings (SSSR count). The number of halogens is 1. The summed E-state index contributed by atoms with van der Waals surface area (Å²) in [6.45, 7) is 1.43. The summed E-state index contributed by atoms with van der Waals surface area (Å²) in [5.74, 6) is 0.647. The number of fused-ring (bicyclic) bond motifs is 1. The molecule has 1 amide bonds. The van der Waals surface area contributed by atoms with Crippen molar-refractivity contribution < 1.29 is 4.79 Å². The molecular weight excluding hydrogens is 364 g/mol. The van der Waals surface area contributed by atoms with E-state index in [-0.39, 0.29) is 5.91 Å². The van der Waals surface area contributed by atoms with Crippen molar-refractivity contribution in [3.63, 3.8) is 0 Å². The quantitative estimate of drug-likeness (QED) is 0.567. The third-order valence-electron chi connectivity index (χ3n) is 4.00. The van der Waals surface area contributed by atoms with E-state index in [9.17, 15) is 4.79 Å². The van der Waals surface area contributed by atoms with Crippen LogP contribution in [0.2, 0.25) is 5.02 Å². The van der Waals surface area contributed by atoms with Gasteiger partial charge in [-0.2, -0.15) is 5.10 Å². The molecule has 0 aliphatic rings. The second-order valence-corrected chi connectivity index (χ2v) is 6.37. The molecule has 4 aromatic rings. The maximum Gasteiger partial charge on any atom is 0.222 e. The number of pyridine rings is 1. The Morgan fingerprint density at radius 3 is 2.78 bits per heavy atom. The van der Waals surface area contributed by atoms with Crippen LogP contribution in [0.1, 0.15) is 6.92 Å². The number of benzene rings is 1. The minimum absolute atomic E-state index is 0.189. The number of imidazole rings is 1. The highest BCUT2D eigenvalue weighted by Gasteiger charge is 2.12. The van der Waals surface area contributed by atoms with Crippen LogP contribution < -0.4 is 11.1 Å². The van der Waals surface area contributed by atoms with E-state index >= 15 is 0 Å². The summed E-state index contributed by atoms with van der Waals surface area (Å²) >= 11 is 6.31. The van der Waals surface area contributed by atoms with Gasteiger partial charge in [0, 0.05) is 34.8 Å². The number of hydrogen-bond acceptors (Lipinski definition) is 5. The van der Waals surface area contributed by atoms with Gasteiger partial charge in [0.1, 0.15) is 5.82 Å². The zero-order valence-electron chi connectivity index (χ0n) is 14.3. The third-order valence-corrected chi connectivity index (χ3v) is 4.33. The minimum atomic E-state index is -0.189. The maximum atomic E-state index is 11.2. The van der Waals surface area contributed by atoms with Gasteiger partial charge in [0.15, 0.2) is 11.5 Å². The monoisotopic (exact) mass is 378 g/mol. The largest absolute Gasteiger partial charge is 0.383 e. The fourth-order valence-corrected chi connectivity index (χ4v) is 3.02. The highest BCUT2D eigenvalue weighted by atomic mass is 35.5. The first-order valence-corrected chi connectivity index (χ1v) is 8.54. The maximum absolute atomic E-state index is 11.2. The van der Waals surface area contributed by atoms with Gasteiger partial charge in [-0.15, -0.1) is 0 Å². The van der Waals surface area contributed by atoms with Crippen molar-refractivity contribution in [2.24, 2.45) is 0 Å². The van der Waals surface area contributed by atoms with Gasteiger partial charge in [-0.25, -0.2) is 14.5 Å². The molecule has 0 fully saturated rings. The van der Waals surface area contributed by atoms with Crippen LogP contribution in [0.15, 0.2) is 54.9 Å². The Labute approximate surface area is 159 Å². The van der Waals surface area contributed by atoms with Crippen molar-refractivity contribution in [1.82, 2.24) is 19.6 Å². The minimum Gasteiger partial charge on any atom is -0.383 e. The first kappa shape index (κ1) is 17.0. The van der Waals surface area contributed by atoms with Crippen LogP contribution in [0.5, 0.6) is 0 Å². The van der Waals surface area contributed by atoms with Crippen molar-refractivity contribution in [3.05, 3.63) is 59.9 Å². The van der Waals surface area contributed by atoms with Crippen molar-refractivity contribution in [2.75, 3.05) is 11.1 Å². The topological polar surface area (TPSA) is 98.2 Å². The Bertz CT molecular complexity index is 1170. The molecule has 0 atom stereocenters. The molecule has 3 N–H and O–H groups in total. The number of carbonyl (C=O) groups excluding carboxylic acids is 1. The van der Waals surface area contributed by atoms with Gasteiger partial charge in [0.05, 0.1) is 11.9 Å². The molecule has 0 unspecified atom stereocenters. The van der Waals surface area contributed by atoms with Crippen molar-refractivity contribution in [1.29, 1.82) is 0 Å². The summed E-state index contributed by atoms with van der Waals surface area (Å²) in [6.07, 6.45) is 3.31. The number of anilines is 2. The van der Waals surface area contributed by atoms with E-state index in [1.807, 2.05) is 42.5 Å². The summed E-state index contributed by atoms with van der Waals surface area (Å²) in [7, 11) is 0. The third kappa shape index (κ3) is 3.32. The summed E-state index contributed by atoms with van der Waals surface area (Å²) in [5, 5.41) is 7.79. The Morgan fingerprint density at radius 2 is 2.00 bits per heavy atom. The molecule has 3 heterocycles. The molecule has 134 valence electrons. The summed E-state index contributed by atoms with van der Waals surface area (Å²) in [6, 6.07) is 13.0. The highest BCUT2D eigenvalue weighted by molar-refractivity contribution is 6.33. The zero-order valence-corrected chi connectivity index (χ0v) is 15.1. The molecule has 0 saturated heterocycles. The molecule has 0 saturated carbocycles. The molecule has 0 spiro atoms. The standard InChI is InChI=1S/C19H15ClN6O/c1-11(27)23-17-10-26-18(24-17)7-6-16(25-26)12-8-14(19(21)22-9-12)13-4-2-3-5-15(13)20/h2-10H,1H3,(H2,21,22)(H,23,27). The van der Waals surface area contributed by atoms with Gasteiger partial charge in [-0.3, -0.25) is 4.79 Å². The Balaban J connectivity index is 1.78. The zero-order chi connectivity index (χ0) is 19.0. The molecule has 27 heavy (non-hydrogen) atoms. The van der Waals surface area contributed by atoms with E-state index in [1.54, 1.807) is 16.9 Å². The van der Waals surface area contributed by atoms with Crippen molar-refractivity contribution in [3.8, 4) is 22.4 Å². The van der Waals surface area contributed by atoms with Crippen LogP contribution in [0.4, 0.5) is 11.6 Å². The second kappa shape index (κ2) is 6.69. The van der Waals surface area contributed by atoms with Crippen molar-refractivity contribution >= 4 is 34.8 Å². The molecule has 1 aromatic carbocycles. The predicted molar refractivity (Wildman–Crippen MR) is 105 cm³/mol. The fraction of sp³-hybridized carbons (Fsp3) is 0.0526. The lowest BCUT2D eigenvalue weighted by Crippen LogP contribution is -2.05. The number of nitrogens with two attached hydrogens (primary N) is 1. The average molecular weight is 379 g/mol. The van der Waals surface area contributed by atoms with Crippen LogP contribution in [0, 0.1) is 0 Å². The van der Waals surface area contributed by atoms with E-state index in [1.165, 1.54) is 6.92 Å². The number of nitrogens with zero attached hydrogens (tertiary/aromatic N) is 4. The van der Waals surface area contributed by atoms with Gasteiger partial charge in [-0.1, -0.05) is 29.8 Å². The van der Waals surface area contributed by atoms with Crippen LogP contribution in [-0.2, 0) is 4.79 Å². The summed E-state index contributed by atoms with van der Waals surface area (Å²) in [4.78, 5) is 19.8. The van der Waals surface area contributed by atoms with Gasteiger partial charge < -0.3 is 11.1 Å². The summed E-state index contributed by atoms with van der Waals surface area (Å²) in [5.41, 5.74) is 9.71. The van der Waals surface area contributed by atoms with Crippen LogP contribution in [0.25, 0.3) is 28.0 Å². The van der Waals surface area contributed by atoms with Crippen molar-refractivity contribution in [2.45, 2.75) is 6.92 Å². The van der Waals surface area contributed by atoms with Crippen LogP contribution in [0.3, 0.4) is 0 Å². The number of rotatable bonds is 3. The molecule has 7 nitrogen and oxygen atoms in total. The van der Waals surface area contributed by atoms with Crippen LogP contribution in [-0.4, -0.2) is 25.5 Å². The van der Waals surface area contributed by atoms with Gasteiger partial charge in [0.25, 0.3) is 0 Å². The first-order valence-electron chi connectivity index (χ1n) is 8.16. The normalized spacial score (nSPS) is 10.9. The summed E-state index contributed by atoms with van der Waals surface area (Å²) < 4.78 is 1.60.